The highest BCUT2D eigenvalue weighted by Gasteiger charge is 2.38. The number of hydrogen-bond acceptors (Lipinski definition) is 3. The molecule has 0 unspecified atom stereocenters. The van der Waals surface area contributed by atoms with Crippen LogP contribution in [0, 0.1) is 0 Å². The first-order chi connectivity index (χ1) is 9.79. The lowest BCUT2D eigenvalue weighted by molar-refractivity contribution is 0.205. The molecule has 0 heterocycles. The summed E-state index contributed by atoms with van der Waals surface area (Å²) in [6.07, 6.45) is 3.37. The van der Waals surface area contributed by atoms with Gasteiger partial charge in [-0.15, -0.1) is 0 Å². The second-order valence-corrected chi connectivity index (χ2v) is 8.12. The number of halogens is 1. The molecule has 0 aromatic heterocycles. The largest absolute Gasteiger partial charge is 0.323 e. The van der Waals surface area contributed by atoms with Crippen molar-refractivity contribution >= 4 is 33.2 Å². The van der Waals surface area contributed by atoms with Crippen LogP contribution in [0.4, 0.5) is 10.5 Å². The summed E-state index contributed by atoms with van der Waals surface area (Å²) in [6.45, 7) is 0. The van der Waals surface area contributed by atoms with Gasteiger partial charge in [0.2, 0.25) is 0 Å². The molecule has 0 radical (unpaired) electrons. The van der Waals surface area contributed by atoms with Crippen LogP contribution in [0.25, 0.3) is 0 Å². The Morgan fingerprint density at radius 1 is 1.38 bits per heavy atom. The lowest BCUT2D eigenvalue weighted by atomic mass is 10.2. The molecule has 7 heteroatoms. The molecular formula is C14H19ClN2O3S. The minimum atomic E-state index is -3.15. The van der Waals surface area contributed by atoms with Crippen molar-refractivity contribution in [1.29, 1.82) is 0 Å². The minimum Gasteiger partial charge on any atom is -0.323 e. The number of hydrogen-bond donors (Lipinski definition) is 1. The normalized spacial score (nSPS) is 22.0. The van der Waals surface area contributed by atoms with Crippen molar-refractivity contribution in [3.05, 3.63) is 29.3 Å². The Labute approximate surface area is 130 Å². The highest BCUT2D eigenvalue weighted by Crippen LogP contribution is 2.29. The van der Waals surface area contributed by atoms with Crippen LogP contribution in [0.5, 0.6) is 0 Å². The maximum absolute atomic E-state index is 12.3. The molecule has 1 aromatic rings. The maximum atomic E-state index is 12.3. The van der Waals surface area contributed by atoms with E-state index in [2.05, 4.69) is 5.32 Å². The fourth-order valence-corrected chi connectivity index (χ4v) is 4.45. The Morgan fingerprint density at radius 2 is 2.10 bits per heavy atom. The van der Waals surface area contributed by atoms with Crippen molar-refractivity contribution in [3.8, 4) is 0 Å². The van der Waals surface area contributed by atoms with E-state index in [0.29, 0.717) is 23.6 Å². The van der Waals surface area contributed by atoms with Gasteiger partial charge in [-0.3, -0.25) is 0 Å². The summed E-state index contributed by atoms with van der Waals surface area (Å²) < 4.78 is 23.6. The van der Waals surface area contributed by atoms with Gasteiger partial charge in [0.05, 0.1) is 5.25 Å². The lowest BCUT2D eigenvalue weighted by Crippen LogP contribution is -2.46. The van der Waals surface area contributed by atoms with E-state index in [1.807, 2.05) is 0 Å². The zero-order valence-corrected chi connectivity index (χ0v) is 13.6. The molecule has 0 aliphatic heterocycles. The van der Waals surface area contributed by atoms with Crippen LogP contribution in [0.15, 0.2) is 24.3 Å². The predicted octanol–water partition coefficient (Wildman–Crippen LogP) is 2.77. The van der Waals surface area contributed by atoms with Gasteiger partial charge in [-0.1, -0.05) is 17.7 Å². The summed E-state index contributed by atoms with van der Waals surface area (Å²) in [5.74, 6) is 0. The van der Waals surface area contributed by atoms with Crippen LogP contribution in [-0.2, 0) is 9.84 Å². The maximum Gasteiger partial charge on any atom is 0.321 e. The third-order valence-electron chi connectivity index (χ3n) is 3.86. The lowest BCUT2D eigenvalue weighted by Gasteiger charge is -2.29. The number of sulfone groups is 1. The van der Waals surface area contributed by atoms with Gasteiger partial charge in [0.25, 0.3) is 0 Å². The highest BCUT2D eigenvalue weighted by atomic mass is 35.5. The van der Waals surface area contributed by atoms with Crippen molar-refractivity contribution in [2.45, 2.75) is 30.6 Å². The van der Waals surface area contributed by atoms with E-state index < -0.39 is 15.1 Å². The molecule has 1 aromatic carbocycles. The van der Waals surface area contributed by atoms with Crippen LogP contribution >= 0.6 is 11.6 Å². The number of benzene rings is 1. The van der Waals surface area contributed by atoms with Crippen molar-refractivity contribution in [2.75, 3.05) is 18.6 Å². The summed E-state index contributed by atoms with van der Waals surface area (Å²) in [4.78, 5) is 13.7. The van der Waals surface area contributed by atoms with E-state index in [1.54, 1.807) is 31.3 Å². The van der Waals surface area contributed by atoms with Gasteiger partial charge in [-0.05, 0) is 37.5 Å². The van der Waals surface area contributed by atoms with Crippen LogP contribution in [0.3, 0.4) is 0 Å². The summed E-state index contributed by atoms with van der Waals surface area (Å²) in [5, 5.41) is 2.79. The number of rotatable bonds is 3. The van der Waals surface area contributed by atoms with Gasteiger partial charge in [0.1, 0.15) is 0 Å². The van der Waals surface area contributed by atoms with Gasteiger partial charge in [-0.25, -0.2) is 13.2 Å². The van der Waals surface area contributed by atoms with Gasteiger partial charge < -0.3 is 10.2 Å². The van der Waals surface area contributed by atoms with Crippen molar-refractivity contribution in [3.63, 3.8) is 0 Å². The standard InChI is InChI=1S/C14H19ClN2O3S/c1-17(12-7-4-8-13(12)21(2,19)20)14(18)16-11-6-3-5-10(15)9-11/h3,5-6,9,12-13H,4,7-8H2,1-2H3,(H,16,18)/t12-,13+/m1/s1. The first-order valence-electron chi connectivity index (χ1n) is 6.77. The molecule has 0 saturated heterocycles. The molecule has 5 nitrogen and oxygen atoms in total. The zero-order valence-electron chi connectivity index (χ0n) is 12.0. The second-order valence-electron chi connectivity index (χ2n) is 5.42. The Morgan fingerprint density at radius 3 is 2.71 bits per heavy atom. The molecule has 0 spiro atoms. The molecule has 2 atom stereocenters. The topological polar surface area (TPSA) is 66.5 Å². The Hall–Kier alpha value is -1.27. The summed E-state index contributed by atoms with van der Waals surface area (Å²) in [5.41, 5.74) is 0.591. The molecule has 2 rings (SSSR count). The third-order valence-corrected chi connectivity index (χ3v) is 5.75. The fourth-order valence-electron chi connectivity index (χ4n) is 2.78. The van der Waals surface area contributed by atoms with Crippen molar-refractivity contribution in [1.82, 2.24) is 4.90 Å². The van der Waals surface area contributed by atoms with Gasteiger partial charge in [0, 0.05) is 30.1 Å². The smallest absolute Gasteiger partial charge is 0.321 e. The number of anilines is 1. The number of urea groups is 1. The first-order valence-corrected chi connectivity index (χ1v) is 9.10. The molecule has 1 N–H and O–H groups in total. The SMILES string of the molecule is CN(C(=O)Nc1cccc(Cl)c1)[C@@H]1CCC[C@@H]1S(C)(=O)=O. The summed E-state index contributed by atoms with van der Waals surface area (Å²) >= 11 is 5.87. The van der Waals surface area contributed by atoms with E-state index in [1.165, 1.54) is 11.2 Å². The van der Waals surface area contributed by atoms with Gasteiger partial charge >= 0.3 is 6.03 Å². The Kier molecular flexibility index (Phi) is 4.78. The van der Waals surface area contributed by atoms with Gasteiger partial charge in [0.15, 0.2) is 9.84 Å². The molecule has 1 aliphatic rings. The van der Waals surface area contributed by atoms with Crippen LogP contribution < -0.4 is 5.32 Å². The van der Waals surface area contributed by atoms with E-state index >= 15 is 0 Å². The molecule has 21 heavy (non-hydrogen) atoms. The fraction of sp³-hybridized carbons (Fsp3) is 0.500. The highest BCUT2D eigenvalue weighted by molar-refractivity contribution is 7.91. The molecule has 1 aliphatic carbocycles. The monoisotopic (exact) mass is 330 g/mol. The van der Waals surface area contributed by atoms with E-state index in [0.717, 1.165) is 6.42 Å². The average Bonchev–Trinajstić information content (AvgIpc) is 2.86. The molecule has 1 fully saturated rings. The summed E-state index contributed by atoms with van der Waals surface area (Å²) in [7, 11) is -1.52. The summed E-state index contributed by atoms with van der Waals surface area (Å²) in [6, 6.07) is 6.25. The quantitative estimate of drug-likeness (QED) is 0.926. The number of carbonyl (C=O) groups excluding carboxylic acids is 1. The average molecular weight is 331 g/mol. The molecule has 116 valence electrons. The zero-order chi connectivity index (χ0) is 15.6. The van der Waals surface area contributed by atoms with Crippen LogP contribution in [0.2, 0.25) is 5.02 Å². The van der Waals surface area contributed by atoms with Crippen LogP contribution in [-0.4, -0.2) is 43.9 Å². The number of amides is 2. The van der Waals surface area contributed by atoms with E-state index in [-0.39, 0.29) is 12.1 Å². The Bertz CT molecular complexity index is 633. The van der Waals surface area contributed by atoms with E-state index in [9.17, 15) is 13.2 Å². The molecule has 1 saturated carbocycles. The Balaban J connectivity index is 2.09. The predicted molar refractivity (Wildman–Crippen MR) is 84.5 cm³/mol. The van der Waals surface area contributed by atoms with Crippen molar-refractivity contribution < 1.29 is 13.2 Å². The number of nitrogens with zero attached hydrogens (tertiary/aromatic N) is 1. The molecule has 2 amide bonds. The molecule has 0 bridgehead atoms. The second kappa shape index (κ2) is 6.23. The number of nitrogens with one attached hydrogen (secondary N) is 1. The minimum absolute atomic E-state index is 0.279. The van der Waals surface area contributed by atoms with Crippen molar-refractivity contribution in [2.24, 2.45) is 0 Å². The number of carbonyl (C=O) groups is 1. The molecular weight excluding hydrogens is 312 g/mol. The van der Waals surface area contributed by atoms with Crippen LogP contribution in [0.1, 0.15) is 19.3 Å². The van der Waals surface area contributed by atoms with E-state index in [4.69, 9.17) is 11.6 Å². The first kappa shape index (κ1) is 16.1. The third kappa shape index (κ3) is 3.89. The van der Waals surface area contributed by atoms with Gasteiger partial charge in [-0.2, -0.15) is 0 Å².